The van der Waals surface area contributed by atoms with E-state index in [1.165, 1.54) is 5.56 Å². The molecule has 1 aromatic carbocycles. The lowest BCUT2D eigenvalue weighted by Gasteiger charge is -2.20. The van der Waals surface area contributed by atoms with Crippen molar-refractivity contribution in [1.29, 1.82) is 0 Å². The molecule has 1 N–H and O–H groups in total. The average Bonchev–Trinajstić information content (AvgIpc) is 2.81. The molecule has 2 amide bonds. The monoisotopic (exact) mass is 346 g/mol. The Morgan fingerprint density at radius 1 is 1.20 bits per heavy atom. The van der Waals surface area contributed by atoms with Crippen molar-refractivity contribution in [3.63, 3.8) is 0 Å². The third-order valence-electron chi connectivity index (χ3n) is 4.52. The van der Waals surface area contributed by atoms with Crippen LogP contribution in [-0.4, -0.2) is 43.0 Å². The molecule has 5 nitrogen and oxygen atoms in total. The van der Waals surface area contributed by atoms with Crippen molar-refractivity contribution in [3.8, 4) is 5.75 Å². The molecule has 1 fully saturated rings. The fourth-order valence-corrected chi connectivity index (χ4v) is 2.92. The Balaban J connectivity index is 1.61. The minimum absolute atomic E-state index is 0.0175. The first-order valence-corrected chi connectivity index (χ1v) is 9.33. The molecule has 1 aliphatic rings. The van der Waals surface area contributed by atoms with Gasteiger partial charge in [-0.05, 0) is 42.9 Å². The summed E-state index contributed by atoms with van der Waals surface area (Å²) in [5.74, 6) is 1.30. The second-order valence-electron chi connectivity index (χ2n) is 6.91. The summed E-state index contributed by atoms with van der Waals surface area (Å²) in [6, 6.07) is 7.84. The molecule has 0 aliphatic carbocycles. The number of rotatable bonds is 8. The van der Waals surface area contributed by atoms with Gasteiger partial charge in [-0.2, -0.15) is 0 Å². The van der Waals surface area contributed by atoms with Gasteiger partial charge >= 0.3 is 0 Å². The largest absolute Gasteiger partial charge is 0.484 e. The maximum absolute atomic E-state index is 11.9. The van der Waals surface area contributed by atoms with E-state index in [2.05, 4.69) is 19.2 Å². The molecule has 0 unspecified atom stereocenters. The highest BCUT2D eigenvalue weighted by Crippen LogP contribution is 2.18. The summed E-state index contributed by atoms with van der Waals surface area (Å²) in [6.45, 7) is 6.44. The Kier molecular flexibility index (Phi) is 7.76. The van der Waals surface area contributed by atoms with Gasteiger partial charge < -0.3 is 15.0 Å². The highest BCUT2D eigenvalue weighted by Gasteiger charge is 2.15. The summed E-state index contributed by atoms with van der Waals surface area (Å²) in [5.41, 5.74) is 1.25. The van der Waals surface area contributed by atoms with Gasteiger partial charge in [-0.3, -0.25) is 9.59 Å². The van der Waals surface area contributed by atoms with E-state index >= 15 is 0 Å². The lowest BCUT2D eigenvalue weighted by molar-refractivity contribution is -0.130. The van der Waals surface area contributed by atoms with Gasteiger partial charge in [0, 0.05) is 26.1 Å². The molecule has 2 rings (SSSR count). The van der Waals surface area contributed by atoms with Crippen molar-refractivity contribution in [3.05, 3.63) is 29.8 Å². The molecule has 0 atom stereocenters. The fourth-order valence-electron chi connectivity index (χ4n) is 2.92. The van der Waals surface area contributed by atoms with Gasteiger partial charge in [-0.25, -0.2) is 0 Å². The van der Waals surface area contributed by atoms with Gasteiger partial charge in [0.2, 0.25) is 5.91 Å². The van der Waals surface area contributed by atoms with Gasteiger partial charge in [0.15, 0.2) is 6.61 Å². The first-order valence-electron chi connectivity index (χ1n) is 9.33. The molecule has 1 saturated heterocycles. The number of amides is 2. The van der Waals surface area contributed by atoms with Crippen LogP contribution in [0.2, 0.25) is 0 Å². The topological polar surface area (TPSA) is 58.6 Å². The molecule has 1 aliphatic heterocycles. The number of carbonyl (C=O) groups excluding carboxylic acids is 2. The summed E-state index contributed by atoms with van der Waals surface area (Å²) >= 11 is 0. The number of carbonyl (C=O) groups is 2. The Bertz CT molecular complexity index is 555. The molecule has 1 heterocycles. The van der Waals surface area contributed by atoms with E-state index in [9.17, 15) is 9.59 Å². The van der Waals surface area contributed by atoms with Crippen LogP contribution in [0.15, 0.2) is 24.3 Å². The molecule has 0 saturated carbocycles. The average molecular weight is 346 g/mol. The molecule has 138 valence electrons. The van der Waals surface area contributed by atoms with Crippen LogP contribution in [0.4, 0.5) is 0 Å². The Labute approximate surface area is 150 Å². The highest BCUT2D eigenvalue weighted by molar-refractivity contribution is 5.77. The van der Waals surface area contributed by atoms with Crippen molar-refractivity contribution in [1.82, 2.24) is 10.2 Å². The molecule has 0 spiro atoms. The number of nitrogens with one attached hydrogen (secondary N) is 1. The van der Waals surface area contributed by atoms with Crippen molar-refractivity contribution < 1.29 is 14.3 Å². The van der Waals surface area contributed by atoms with E-state index in [1.807, 2.05) is 29.2 Å². The van der Waals surface area contributed by atoms with Crippen LogP contribution in [0.25, 0.3) is 0 Å². The molecule has 0 bridgehead atoms. The normalized spacial score (nSPS) is 15.2. The van der Waals surface area contributed by atoms with E-state index in [0.29, 0.717) is 24.6 Å². The van der Waals surface area contributed by atoms with E-state index < -0.39 is 0 Å². The number of ether oxygens (including phenoxy) is 1. The second-order valence-corrected chi connectivity index (χ2v) is 6.91. The molecule has 1 aromatic rings. The summed E-state index contributed by atoms with van der Waals surface area (Å²) in [4.78, 5) is 25.7. The first kappa shape index (κ1) is 19.3. The minimum Gasteiger partial charge on any atom is -0.484 e. The zero-order chi connectivity index (χ0) is 18.1. The SMILES string of the molecule is CC(C)c1ccc(OCC(=O)NCCCN2CCCCCC2=O)cc1. The summed E-state index contributed by atoms with van der Waals surface area (Å²) < 4.78 is 5.51. The first-order chi connectivity index (χ1) is 12.1. The molecular formula is C20H30N2O3. The van der Waals surface area contributed by atoms with Gasteiger partial charge in [0.25, 0.3) is 5.91 Å². The molecular weight excluding hydrogens is 316 g/mol. The van der Waals surface area contributed by atoms with Crippen molar-refractivity contribution >= 4 is 11.8 Å². The second kappa shape index (κ2) is 10.1. The van der Waals surface area contributed by atoms with E-state index in [4.69, 9.17) is 4.74 Å². The fraction of sp³-hybridized carbons (Fsp3) is 0.600. The zero-order valence-corrected chi connectivity index (χ0v) is 15.4. The summed E-state index contributed by atoms with van der Waals surface area (Å²) in [6.07, 6.45) is 4.66. The van der Waals surface area contributed by atoms with Gasteiger partial charge in [0.1, 0.15) is 5.75 Å². The van der Waals surface area contributed by atoms with Crippen LogP contribution >= 0.6 is 0 Å². The van der Waals surface area contributed by atoms with Crippen molar-refractivity contribution in [2.75, 3.05) is 26.2 Å². The number of benzene rings is 1. The standard InChI is InChI=1S/C20H30N2O3/c1-16(2)17-8-10-18(11-9-17)25-15-19(23)21-12-6-14-22-13-5-3-4-7-20(22)24/h8-11,16H,3-7,12-15H2,1-2H3,(H,21,23). The van der Waals surface area contributed by atoms with Crippen LogP contribution in [0.3, 0.4) is 0 Å². The van der Waals surface area contributed by atoms with Gasteiger partial charge in [-0.1, -0.05) is 32.4 Å². The highest BCUT2D eigenvalue weighted by atomic mass is 16.5. The lowest BCUT2D eigenvalue weighted by atomic mass is 10.0. The predicted molar refractivity (Wildman–Crippen MR) is 98.7 cm³/mol. The zero-order valence-electron chi connectivity index (χ0n) is 15.4. The Hall–Kier alpha value is -2.04. The minimum atomic E-state index is -0.130. The van der Waals surface area contributed by atoms with E-state index in [0.717, 1.165) is 38.8 Å². The summed E-state index contributed by atoms with van der Waals surface area (Å²) in [7, 11) is 0. The third-order valence-corrected chi connectivity index (χ3v) is 4.52. The number of likely N-dealkylation sites (tertiary alicyclic amines) is 1. The van der Waals surface area contributed by atoms with Crippen molar-refractivity contribution in [2.24, 2.45) is 0 Å². The van der Waals surface area contributed by atoms with Crippen LogP contribution in [0, 0.1) is 0 Å². The molecule has 5 heteroatoms. The molecule has 0 aromatic heterocycles. The van der Waals surface area contributed by atoms with Crippen LogP contribution < -0.4 is 10.1 Å². The number of hydrogen-bond donors (Lipinski definition) is 1. The maximum Gasteiger partial charge on any atom is 0.257 e. The Morgan fingerprint density at radius 2 is 1.96 bits per heavy atom. The number of nitrogens with zero attached hydrogens (tertiary/aromatic N) is 1. The smallest absolute Gasteiger partial charge is 0.257 e. The van der Waals surface area contributed by atoms with Crippen LogP contribution in [0.1, 0.15) is 57.4 Å². The third kappa shape index (κ3) is 6.77. The number of hydrogen-bond acceptors (Lipinski definition) is 3. The van der Waals surface area contributed by atoms with Crippen LogP contribution in [-0.2, 0) is 9.59 Å². The lowest BCUT2D eigenvalue weighted by Crippen LogP contribution is -2.35. The Morgan fingerprint density at radius 3 is 2.68 bits per heavy atom. The van der Waals surface area contributed by atoms with Gasteiger partial charge in [-0.15, -0.1) is 0 Å². The van der Waals surface area contributed by atoms with E-state index in [-0.39, 0.29) is 18.4 Å². The molecule has 25 heavy (non-hydrogen) atoms. The van der Waals surface area contributed by atoms with Gasteiger partial charge in [0.05, 0.1) is 0 Å². The van der Waals surface area contributed by atoms with Crippen LogP contribution in [0.5, 0.6) is 5.75 Å². The summed E-state index contributed by atoms with van der Waals surface area (Å²) in [5, 5.41) is 2.85. The predicted octanol–water partition coefficient (Wildman–Crippen LogP) is 3.10. The quantitative estimate of drug-likeness (QED) is 0.736. The maximum atomic E-state index is 11.9. The van der Waals surface area contributed by atoms with Crippen molar-refractivity contribution in [2.45, 2.75) is 51.9 Å². The van der Waals surface area contributed by atoms with E-state index in [1.54, 1.807) is 0 Å². The molecule has 0 radical (unpaired) electrons.